The van der Waals surface area contributed by atoms with E-state index in [9.17, 15) is 4.79 Å². The molecule has 0 saturated carbocycles. The van der Waals surface area contributed by atoms with Gasteiger partial charge in [0.2, 0.25) is 0 Å². The zero-order chi connectivity index (χ0) is 11.4. The van der Waals surface area contributed by atoms with Gasteiger partial charge in [-0.3, -0.25) is 4.79 Å². The lowest BCUT2D eigenvalue weighted by Gasteiger charge is -2.26. The zero-order valence-corrected chi connectivity index (χ0v) is 9.35. The van der Waals surface area contributed by atoms with Crippen LogP contribution in [-0.2, 0) is 4.74 Å². The van der Waals surface area contributed by atoms with Gasteiger partial charge >= 0.3 is 0 Å². The number of aromatic amines is 1. The first-order valence-corrected chi connectivity index (χ1v) is 5.50. The van der Waals surface area contributed by atoms with Crippen LogP contribution in [0.4, 0.5) is 0 Å². The molecule has 1 amide bonds. The number of amides is 1. The molecule has 1 unspecified atom stereocenters. The molecule has 1 N–H and O–H groups in total. The fourth-order valence-corrected chi connectivity index (χ4v) is 1.84. The smallest absolute Gasteiger partial charge is 0.275 e. The Balaban J connectivity index is 1.87. The maximum Gasteiger partial charge on any atom is 0.275 e. The Kier molecular flexibility index (Phi) is 3.51. The first kappa shape index (κ1) is 11.1. The Bertz CT molecular complexity index is 333. The molecule has 6 nitrogen and oxygen atoms in total. The van der Waals surface area contributed by atoms with Crippen molar-refractivity contribution in [1.29, 1.82) is 0 Å². The predicted molar refractivity (Wildman–Crippen MR) is 56.9 cm³/mol. The second-order valence-corrected chi connectivity index (χ2v) is 4.03. The van der Waals surface area contributed by atoms with Crippen LogP contribution in [0.15, 0.2) is 6.20 Å². The van der Waals surface area contributed by atoms with E-state index in [1.165, 1.54) is 12.6 Å². The number of ether oxygens (including phenoxy) is 1. The van der Waals surface area contributed by atoms with Gasteiger partial charge in [0.25, 0.3) is 5.91 Å². The number of carbonyl (C=O) groups excluding carboxylic acids is 1. The van der Waals surface area contributed by atoms with Crippen molar-refractivity contribution in [3.63, 3.8) is 0 Å². The molecule has 0 bridgehead atoms. The lowest BCUT2D eigenvalue weighted by atomic mass is 10.1. The minimum atomic E-state index is -0.122. The van der Waals surface area contributed by atoms with E-state index in [2.05, 4.69) is 15.4 Å². The summed E-state index contributed by atoms with van der Waals surface area (Å²) in [6, 6.07) is 0. The third kappa shape index (κ3) is 2.57. The van der Waals surface area contributed by atoms with E-state index < -0.39 is 0 Å². The monoisotopic (exact) mass is 224 g/mol. The molecule has 0 aliphatic carbocycles. The topological polar surface area (TPSA) is 71.1 Å². The molecule has 88 valence electrons. The summed E-state index contributed by atoms with van der Waals surface area (Å²) < 4.78 is 5.58. The molecule has 1 saturated heterocycles. The van der Waals surface area contributed by atoms with Gasteiger partial charge in [0.15, 0.2) is 5.69 Å². The van der Waals surface area contributed by atoms with Gasteiger partial charge < -0.3 is 9.64 Å². The molecule has 1 fully saturated rings. The summed E-state index contributed by atoms with van der Waals surface area (Å²) in [6.07, 6.45) is 4.92. The molecule has 1 aromatic heterocycles. The minimum Gasteiger partial charge on any atom is -0.376 e. The highest BCUT2D eigenvalue weighted by Crippen LogP contribution is 2.13. The van der Waals surface area contributed by atoms with E-state index in [0.29, 0.717) is 12.2 Å². The highest BCUT2D eigenvalue weighted by atomic mass is 16.5. The molecule has 1 aromatic rings. The molecule has 0 aromatic carbocycles. The maximum atomic E-state index is 11.8. The molecule has 1 aliphatic rings. The van der Waals surface area contributed by atoms with Gasteiger partial charge in [-0.1, -0.05) is 0 Å². The highest BCUT2D eigenvalue weighted by Gasteiger charge is 2.20. The molecule has 2 heterocycles. The SMILES string of the molecule is CN(CC1CCCCO1)C(=O)c1cn[nH]n1. The van der Waals surface area contributed by atoms with Crippen molar-refractivity contribution in [2.75, 3.05) is 20.2 Å². The van der Waals surface area contributed by atoms with Crippen molar-refractivity contribution >= 4 is 5.91 Å². The Morgan fingerprint density at radius 3 is 3.19 bits per heavy atom. The molecule has 2 rings (SSSR count). The number of hydrogen-bond donors (Lipinski definition) is 1. The largest absolute Gasteiger partial charge is 0.376 e. The number of nitrogens with one attached hydrogen (secondary N) is 1. The first-order chi connectivity index (χ1) is 7.77. The van der Waals surface area contributed by atoms with Crippen LogP contribution < -0.4 is 0 Å². The number of carbonyl (C=O) groups is 1. The molecule has 0 radical (unpaired) electrons. The van der Waals surface area contributed by atoms with Gasteiger partial charge in [0.05, 0.1) is 12.3 Å². The van der Waals surface area contributed by atoms with E-state index >= 15 is 0 Å². The summed E-state index contributed by atoms with van der Waals surface area (Å²) in [5.41, 5.74) is 0.346. The van der Waals surface area contributed by atoms with Crippen molar-refractivity contribution in [1.82, 2.24) is 20.3 Å². The van der Waals surface area contributed by atoms with E-state index in [4.69, 9.17) is 4.74 Å². The summed E-state index contributed by atoms with van der Waals surface area (Å²) in [4.78, 5) is 13.5. The summed E-state index contributed by atoms with van der Waals surface area (Å²) in [6.45, 7) is 1.42. The summed E-state index contributed by atoms with van der Waals surface area (Å²) >= 11 is 0. The van der Waals surface area contributed by atoms with Crippen molar-refractivity contribution in [2.24, 2.45) is 0 Å². The van der Waals surface area contributed by atoms with Crippen LogP contribution in [-0.4, -0.2) is 52.5 Å². The van der Waals surface area contributed by atoms with Gasteiger partial charge in [-0.25, -0.2) is 0 Å². The van der Waals surface area contributed by atoms with Crippen LogP contribution in [0.25, 0.3) is 0 Å². The van der Waals surface area contributed by atoms with Crippen LogP contribution in [0.3, 0.4) is 0 Å². The fraction of sp³-hybridized carbons (Fsp3) is 0.700. The standard InChI is InChI=1S/C10H16N4O2/c1-14(7-8-4-2-3-5-16-8)10(15)9-6-11-13-12-9/h6,8H,2-5,7H2,1H3,(H,11,12,13). The Morgan fingerprint density at radius 1 is 1.69 bits per heavy atom. The van der Waals surface area contributed by atoms with Gasteiger partial charge in [0, 0.05) is 20.2 Å². The second kappa shape index (κ2) is 5.07. The van der Waals surface area contributed by atoms with E-state index in [1.54, 1.807) is 11.9 Å². The molecule has 1 atom stereocenters. The molecule has 0 spiro atoms. The number of likely N-dealkylation sites (N-methyl/N-ethyl adjacent to an activating group) is 1. The summed E-state index contributed by atoms with van der Waals surface area (Å²) in [5, 5.41) is 9.81. The van der Waals surface area contributed by atoms with E-state index in [-0.39, 0.29) is 12.0 Å². The molecular weight excluding hydrogens is 208 g/mol. The van der Waals surface area contributed by atoms with Gasteiger partial charge in [-0.2, -0.15) is 15.4 Å². The predicted octanol–water partition coefficient (Wildman–Crippen LogP) is 0.446. The number of nitrogens with zero attached hydrogens (tertiary/aromatic N) is 3. The summed E-state index contributed by atoms with van der Waals surface area (Å²) in [7, 11) is 1.76. The molecular formula is C10H16N4O2. The molecule has 16 heavy (non-hydrogen) atoms. The average Bonchev–Trinajstić information content (AvgIpc) is 2.83. The fourth-order valence-electron chi connectivity index (χ4n) is 1.84. The average molecular weight is 224 g/mol. The zero-order valence-electron chi connectivity index (χ0n) is 9.35. The lowest BCUT2D eigenvalue weighted by molar-refractivity contribution is -0.000292. The number of H-pyrrole nitrogens is 1. The summed E-state index contributed by atoms with van der Waals surface area (Å²) in [5.74, 6) is -0.122. The normalized spacial score (nSPS) is 20.7. The third-order valence-electron chi connectivity index (χ3n) is 2.73. The van der Waals surface area contributed by atoms with Crippen LogP contribution in [0.5, 0.6) is 0 Å². The van der Waals surface area contributed by atoms with Crippen LogP contribution in [0, 0.1) is 0 Å². The van der Waals surface area contributed by atoms with Crippen molar-refractivity contribution in [2.45, 2.75) is 25.4 Å². The maximum absolute atomic E-state index is 11.8. The Morgan fingerprint density at radius 2 is 2.56 bits per heavy atom. The van der Waals surface area contributed by atoms with Crippen molar-refractivity contribution in [3.05, 3.63) is 11.9 Å². The Labute approximate surface area is 94.0 Å². The number of hydrogen-bond acceptors (Lipinski definition) is 4. The second-order valence-electron chi connectivity index (χ2n) is 4.03. The third-order valence-corrected chi connectivity index (χ3v) is 2.73. The van der Waals surface area contributed by atoms with Gasteiger partial charge in [-0.05, 0) is 19.3 Å². The van der Waals surface area contributed by atoms with Crippen molar-refractivity contribution < 1.29 is 9.53 Å². The van der Waals surface area contributed by atoms with Gasteiger partial charge in [-0.15, -0.1) is 0 Å². The highest BCUT2D eigenvalue weighted by molar-refractivity contribution is 5.91. The molecule has 1 aliphatic heterocycles. The van der Waals surface area contributed by atoms with Crippen molar-refractivity contribution in [3.8, 4) is 0 Å². The quantitative estimate of drug-likeness (QED) is 0.809. The first-order valence-electron chi connectivity index (χ1n) is 5.50. The number of rotatable bonds is 3. The van der Waals surface area contributed by atoms with E-state index in [1.807, 2.05) is 0 Å². The van der Waals surface area contributed by atoms with Crippen LogP contribution in [0.1, 0.15) is 29.8 Å². The lowest BCUT2D eigenvalue weighted by Crippen LogP contribution is -2.37. The van der Waals surface area contributed by atoms with Crippen LogP contribution >= 0.6 is 0 Å². The minimum absolute atomic E-state index is 0.122. The van der Waals surface area contributed by atoms with E-state index in [0.717, 1.165) is 19.4 Å². The Hall–Kier alpha value is -1.43. The van der Waals surface area contributed by atoms with Gasteiger partial charge in [0.1, 0.15) is 0 Å². The number of aromatic nitrogens is 3. The molecule has 6 heteroatoms. The van der Waals surface area contributed by atoms with Crippen LogP contribution in [0.2, 0.25) is 0 Å².